The third kappa shape index (κ3) is 5.30. The largest absolute Gasteiger partial charge is 0.381 e. The molecule has 2 rings (SSSR count). The minimum absolute atomic E-state index is 0.188. The molecule has 1 heterocycles. The van der Waals surface area contributed by atoms with Crippen molar-refractivity contribution < 1.29 is 9.13 Å². The van der Waals surface area contributed by atoms with Crippen molar-refractivity contribution in [3.63, 3.8) is 0 Å². The molecule has 1 saturated heterocycles. The van der Waals surface area contributed by atoms with Gasteiger partial charge in [-0.25, -0.2) is 4.39 Å². The zero-order valence-corrected chi connectivity index (χ0v) is 13.5. The fourth-order valence-electron chi connectivity index (χ4n) is 2.65. The molecule has 5 heteroatoms. The Morgan fingerprint density at radius 2 is 2.36 bits per heavy atom. The van der Waals surface area contributed by atoms with Gasteiger partial charge in [0.15, 0.2) is 5.96 Å². The van der Waals surface area contributed by atoms with Crippen LogP contribution in [0.5, 0.6) is 0 Å². The second-order valence-corrected chi connectivity index (χ2v) is 5.73. The van der Waals surface area contributed by atoms with Crippen LogP contribution in [0.2, 0.25) is 0 Å². The Bertz CT molecular complexity index is 487. The maximum absolute atomic E-state index is 13.2. The van der Waals surface area contributed by atoms with E-state index in [9.17, 15) is 4.39 Å². The molecule has 1 fully saturated rings. The number of ether oxygens (including phenoxy) is 1. The van der Waals surface area contributed by atoms with Crippen LogP contribution in [-0.4, -0.2) is 50.8 Å². The maximum atomic E-state index is 13.2. The molecule has 0 radical (unpaired) electrons. The molecule has 1 atom stereocenters. The summed E-state index contributed by atoms with van der Waals surface area (Å²) in [5.41, 5.74) is 0.978. The summed E-state index contributed by atoms with van der Waals surface area (Å²) in [6.45, 7) is 6.21. The Balaban J connectivity index is 1.88. The van der Waals surface area contributed by atoms with Crippen molar-refractivity contribution in [3.05, 3.63) is 35.6 Å². The van der Waals surface area contributed by atoms with Crippen molar-refractivity contribution in [2.45, 2.75) is 19.8 Å². The van der Waals surface area contributed by atoms with Crippen molar-refractivity contribution in [2.24, 2.45) is 10.9 Å². The predicted molar refractivity (Wildman–Crippen MR) is 87.6 cm³/mol. The molecule has 0 aliphatic carbocycles. The third-order valence-corrected chi connectivity index (χ3v) is 3.80. The van der Waals surface area contributed by atoms with E-state index in [0.29, 0.717) is 12.5 Å². The smallest absolute Gasteiger partial charge is 0.193 e. The van der Waals surface area contributed by atoms with Gasteiger partial charge in [0.05, 0.1) is 6.61 Å². The molecule has 22 heavy (non-hydrogen) atoms. The summed E-state index contributed by atoms with van der Waals surface area (Å²) in [6.07, 6.45) is 1.86. The topological polar surface area (TPSA) is 36.9 Å². The summed E-state index contributed by atoms with van der Waals surface area (Å²) in [6, 6.07) is 6.72. The van der Waals surface area contributed by atoms with E-state index in [0.717, 1.165) is 50.7 Å². The van der Waals surface area contributed by atoms with Gasteiger partial charge in [-0.05, 0) is 37.5 Å². The third-order valence-electron chi connectivity index (χ3n) is 3.80. The molecule has 0 bridgehead atoms. The highest BCUT2D eigenvalue weighted by molar-refractivity contribution is 5.79. The molecule has 1 N–H and O–H groups in total. The molecule has 0 spiro atoms. The lowest BCUT2D eigenvalue weighted by molar-refractivity contribution is 0.181. The number of halogens is 1. The van der Waals surface area contributed by atoms with Crippen LogP contribution < -0.4 is 5.32 Å². The highest BCUT2D eigenvalue weighted by Gasteiger charge is 2.18. The molecule has 0 aromatic heterocycles. The van der Waals surface area contributed by atoms with E-state index in [4.69, 9.17) is 4.74 Å². The minimum Gasteiger partial charge on any atom is -0.381 e. The summed E-state index contributed by atoms with van der Waals surface area (Å²) in [5, 5.41) is 3.32. The first-order valence-electron chi connectivity index (χ1n) is 8.00. The first kappa shape index (κ1) is 16.7. The Kier molecular flexibility index (Phi) is 6.65. The lowest BCUT2D eigenvalue weighted by atomic mass is 10.1. The second kappa shape index (κ2) is 8.73. The van der Waals surface area contributed by atoms with E-state index in [2.05, 4.69) is 29.2 Å². The van der Waals surface area contributed by atoms with Crippen molar-refractivity contribution in [2.75, 3.05) is 39.9 Å². The summed E-state index contributed by atoms with van der Waals surface area (Å²) < 4.78 is 18.6. The van der Waals surface area contributed by atoms with Gasteiger partial charge in [0.2, 0.25) is 0 Å². The van der Waals surface area contributed by atoms with Crippen LogP contribution >= 0.6 is 0 Å². The highest BCUT2D eigenvalue weighted by atomic mass is 19.1. The molecule has 4 nitrogen and oxygen atoms in total. The summed E-state index contributed by atoms with van der Waals surface area (Å²) in [4.78, 5) is 6.81. The zero-order chi connectivity index (χ0) is 15.8. The van der Waals surface area contributed by atoms with Gasteiger partial charge in [0, 0.05) is 39.2 Å². The van der Waals surface area contributed by atoms with Crippen molar-refractivity contribution in [1.29, 1.82) is 0 Å². The van der Waals surface area contributed by atoms with Crippen molar-refractivity contribution in [1.82, 2.24) is 10.2 Å². The average Bonchev–Trinajstić information content (AvgIpc) is 2.99. The van der Waals surface area contributed by atoms with E-state index in [-0.39, 0.29) is 5.82 Å². The number of nitrogens with one attached hydrogen (secondary N) is 1. The van der Waals surface area contributed by atoms with E-state index >= 15 is 0 Å². The van der Waals surface area contributed by atoms with Gasteiger partial charge >= 0.3 is 0 Å². The Morgan fingerprint density at radius 3 is 3.05 bits per heavy atom. The first-order valence-corrected chi connectivity index (χ1v) is 8.00. The van der Waals surface area contributed by atoms with Gasteiger partial charge in [0.25, 0.3) is 0 Å². The lowest BCUT2D eigenvalue weighted by Crippen LogP contribution is -2.41. The number of nitrogens with zero attached hydrogens (tertiary/aromatic N) is 2. The lowest BCUT2D eigenvalue weighted by Gasteiger charge is -2.24. The zero-order valence-electron chi connectivity index (χ0n) is 13.5. The molecule has 1 aliphatic heterocycles. The quantitative estimate of drug-likeness (QED) is 0.647. The van der Waals surface area contributed by atoms with E-state index in [1.54, 1.807) is 12.1 Å². The number of hydrogen-bond acceptors (Lipinski definition) is 2. The van der Waals surface area contributed by atoms with Crippen LogP contribution in [0.4, 0.5) is 4.39 Å². The van der Waals surface area contributed by atoms with Crippen LogP contribution in [0.3, 0.4) is 0 Å². The molecule has 1 aliphatic rings. The Hall–Kier alpha value is -1.62. The standard InChI is InChI=1S/C17H26FN3O/c1-3-19-17(21(2)12-15-8-10-22-13-15)20-9-7-14-5-4-6-16(18)11-14/h4-6,11,15H,3,7-10,12-13H2,1-2H3,(H,19,20). The summed E-state index contributed by atoms with van der Waals surface area (Å²) in [7, 11) is 2.06. The number of hydrogen-bond donors (Lipinski definition) is 1. The molecule has 1 unspecified atom stereocenters. The summed E-state index contributed by atoms with van der Waals surface area (Å²) >= 11 is 0. The van der Waals surface area contributed by atoms with Crippen LogP contribution in [0, 0.1) is 11.7 Å². The van der Waals surface area contributed by atoms with Gasteiger partial charge in [-0.15, -0.1) is 0 Å². The van der Waals surface area contributed by atoms with E-state index < -0.39 is 0 Å². The van der Waals surface area contributed by atoms with Crippen LogP contribution in [-0.2, 0) is 11.2 Å². The van der Waals surface area contributed by atoms with E-state index in [1.807, 2.05) is 6.07 Å². The van der Waals surface area contributed by atoms with E-state index in [1.165, 1.54) is 6.07 Å². The molecule has 1 aromatic carbocycles. The number of aliphatic imine (C=N–C) groups is 1. The minimum atomic E-state index is -0.188. The SMILES string of the molecule is CCNC(=NCCc1cccc(F)c1)N(C)CC1CCOC1. The molecule has 0 amide bonds. The van der Waals surface area contributed by atoms with Crippen molar-refractivity contribution >= 4 is 5.96 Å². The number of rotatable bonds is 6. The molecular formula is C17H26FN3O. The fraction of sp³-hybridized carbons (Fsp3) is 0.588. The second-order valence-electron chi connectivity index (χ2n) is 5.73. The van der Waals surface area contributed by atoms with Crippen LogP contribution in [0.25, 0.3) is 0 Å². The molecular weight excluding hydrogens is 281 g/mol. The number of benzene rings is 1. The average molecular weight is 307 g/mol. The highest BCUT2D eigenvalue weighted by Crippen LogP contribution is 2.13. The predicted octanol–water partition coefficient (Wildman–Crippen LogP) is 2.30. The van der Waals surface area contributed by atoms with Gasteiger partial charge < -0.3 is 15.0 Å². The van der Waals surface area contributed by atoms with Gasteiger partial charge in [-0.1, -0.05) is 12.1 Å². The Morgan fingerprint density at radius 1 is 1.50 bits per heavy atom. The van der Waals surface area contributed by atoms with Gasteiger partial charge in [-0.2, -0.15) is 0 Å². The van der Waals surface area contributed by atoms with Crippen LogP contribution in [0.15, 0.2) is 29.3 Å². The summed E-state index contributed by atoms with van der Waals surface area (Å²) in [5.74, 6) is 1.30. The number of guanidine groups is 1. The Labute approximate surface area is 132 Å². The fourth-order valence-corrected chi connectivity index (χ4v) is 2.65. The molecule has 1 aromatic rings. The first-order chi connectivity index (χ1) is 10.7. The monoisotopic (exact) mass is 307 g/mol. The van der Waals surface area contributed by atoms with Gasteiger partial charge in [-0.3, -0.25) is 4.99 Å². The van der Waals surface area contributed by atoms with Gasteiger partial charge in [0.1, 0.15) is 5.82 Å². The van der Waals surface area contributed by atoms with Crippen molar-refractivity contribution in [3.8, 4) is 0 Å². The molecule has 0 saturated carbocycles. The molecule has 122 valence electrons. The maximum Gasteiger partial charge on any atom is 0.193 e. The normalized spacial score (nSPS) is 18.5. The van der Waals surface area contributed by atoms with Crippen LogP contribution in [0.1, 0.15) is 18.9 Å².